The Morgan fingerprint density at radius 2 is 2.33 bits per heavy atom. The lowest BCUT2D eigenvalue weighted by Gasteiger charge is -2.02. The molecule has 0 unspecified atom stereocenters. The molecule has 3 aromatic rings. The topological polar surface area (TPSA) is 93.5 Å². The van der Waals surface area contributed by atoms with Crippen molar-refractivity contribution in [2.24, 2.45) is 0 Å². The number of aromatic carboxylic acids is 1. The molecule has 0 aromatic carbocycles. The molecule has 0 fully saturated rings. The molecule has 0 bridgehead atoms. The molecular weight excluding hydrogens is 252 g/mol. The molecule has 7 heteroatoms. The Bertz CT molecular complexity index is 733. The molecule has 0 aliphatic rings. The zero-order valence-electron chi connectivity index (χ0n) is 9.07. The van der Waals surface area contributed by atoms with Crippen LogP contribution in [0.25, 0.3) is 16.1 Å². The van der Waals surface area contributed by atoms with Gasteiger partial charge in [-0.2, -0.15) is 4.98 Å². The van der Waals surface area contributed by atoms with Crippen molar-refractivity contribution in [2.45, 2.75) is 0 Å². The van der Waals surface area contributed by atoms with Crippen molar-refractivity contribution in [1.29, 1.82) is 0 Å². The Morgan fingerprint density at radius 3 is 3.00 bits per heavy atom. The lowest BCUT2D eigenvalue weighted by molar-refractivity contribution is 0.0698. The second-order valence-corrected chi connectivity index (χ2v) is 4.61. The third-order valence-electron chi connectivity index (χ3n) is 2.49. The Labute approximate surface area is 105 Å². The maximum atomic E-state index is 11.2. The van der Waals surface area contributed by atoms with Crippen LogP contribution in [0.15, 0.2) is 29.8 Å². The molecule has 3 N–H and O–H groups in total. The molecule has 0 spiro atoms. The second-order valence-electron chi connectivity index (χ2n) is 3.66. The number of hydrogen-bond donors (Lipinski definition) is 2. The summed E-state index contributed by atoms with van der Waals surface area (Å²) in [5, 5.41) is 15.1. The van der Waals surface area contributed by atoms with E-state index in [2.05, 4.69) is 10.1 Å². The van der Waals surface area contributed by atoms with Gasteiger partial charge in [0.25, 0.3) is 0 Å². The molecule has 6 nitrogen and oxygen atoms in total. The van der Waals surface area contributed by atoms with Crippen molar-refractivity contribution in [2.75, 3.05) is 5.73 Å². The largest absolute Gasteiger partial charge is 0.478 e. The van der Waals surface area contributed by atoms with Crippen LogP contribution in [-0.4, -0.2) is 25.7 Å². The van der Waals surface area contributed by atoms with Gasteiger partial charge in [-0.05, 0) is 17.5 Å². The number of nitrogens with zero attached hydrogens (tertiary/aromatic N) is 3. The highest BCUT2D eigenvalue weighted by molar-refractivity contribution is 7.13. The zero-order chi connectivity index (χ0) is 12.7. The summed E-state index contributed by atoms with van der Waals surface area (Å²) in [5.41, 5.74) is 6.61. The normalized spacial score (nSPS) is 10.9. The Hall–Kier alpha value is -2.41. The quantitative estimate of drug-likeness (QED) is 0.732. The SMILES string of the molecule is Nc1nc2c(C(=O)O)cc(-c3cccs3)cn2n1. The summed E-state index contributed by atoms with van der Waals surface area (Å²) in [6, 6.07) is 5.40. The maximum absolute atomic E-state index is 11.2. The smallest absolute Gasteiger partial charge is 0.339 e. The van der Waals surface area contributed by atoms with Crippen molar-refractivity contribution in [1.82, 2.24) is 14.6 Å². The van der Waals surface area contributed by atoms with Crippen LogP contribution >= 0.6 is 11.3 Å². The maximum Gasteiger partial charge on any atom is 0.339 e. The number of fused-ring (bicyclic) bond motifs is 1. The number of thiophene rings is 1. The molecule has 0 saturated carbocycles. The van der Waals surface area contributed by atoms with Gasteiger partial charge in [0.15, 0.2) is 5.65 Å². The fourth-order valence-corrected chi connectivity index (χ4v) is 2.45. The molecule has 0 atom stereocenters. The van der Waals surface area contributed by atoms with Crippen LogP contribution < -0.4 is 5.73 Å². The van der Waals surface area contributed by atoms with Crippen molar-refractivity contribution in [3.8, 4) is 10.4 Å². The highest BCUT2D eigenvalue weighted by atomic mass is 32.1. The van der Waals surface area contributed by atoms with E-state index in [9.17, 15) is 9.90 Å². The van der Waals surface area contributed by atoms with E-state index in [0.717, 1.165) is 10.4 Å². The summed E-state index contributed by atoms with van der Waals surface area (Å²) >= 11 is 1.53. The van der Waals surface area contributed by atoms with Gasteiger partial charge in [0.2, 0.25) is 5.95 Å². The van der Waals surface area contributed by atoms with Crippen LogP contribution in [0, 0.1) is 0 Å². The number of anilines is 1. The third-order valence-corrected chi connectivity index (χ3v) is 3.40. The van der Waals surface area contributed by atoms with Crippen LogP contribution in [0.5, 0.6) is 0 Å². The predicted octanol–water partition coefficient (Wildman–Crippen LogP) is 1.74. The predicted molar refractivity (Wildman–Crippen MR) is 67.7 cm³/mol. The van der Waals surface area contributed by atoms with Gasteiger partial charge in [-0.1, -0.05) is 6.07 Å². The lowest BCUT2D eigenvalue weighted by atomic mass is 10.1. The molecule has 0 amide bonds. The monoisotopic (exact) mass is 260 g/mol. The van der Waals surface area contributed by atoms with Gasteiger partial charge in [0.05, 0.1) is 0 Å². The van der Waals surface area contributed by atoms with E-state index in [4.69, 9.17) is 5.73 Å². The summed E-state index contributed by atoms with van der Waals surface area (Å²) in [7, 11) is 0. The highest BCUT2D eigenvalue weighted by Crippen LogP contribution is 2.26. The van der Waals surface area contributed by atoms with Crippen LogP contribution in [0.2, 0.25) is 0 Å². The van der Waals surface area contributed by atoms with E-state index < -0.39 is 5.97 Å². The Morgan fingerprint density at radius 1 is 1.50 bits per heavy atom. The zero-order valence-corrected chi connectivity index (χ0v) is 9.89. The van der Waals surface area contributed by atoms with Crippen LogP contribution in [0.4, 0.5) is 5.95 Å². The molecular formula is C11H8N4O2S. The number of carboxylic acid groups (broad SMARTS) is 1. The Kier molecular flexibility index (Phi) is 2.27. The van der Waals surface area contributed by atoms with Gasteiger partial charge < -0.3 is 10.8 Å². The average molecular weight is 260 g/mol. The van der Waals surface area contributed by atoms with E-state index in [1.807, 2.05) is 17.5 Å². The summed E-state index contributed by atoms with van der Waals surface area (Å²) in [4.78, 5) is 16.1. The van der Waals surface area contributed by atoms with Crippen molar-refractivity contribution < 1.29 is 9.90 Å². The van der Waals surface area contributed by atoms with E-state index in [1.54, 1.807) is 12.3 Å². The Balaban J connectivity index is 2.33. The van der Waals surface area contributed by atoms with E-state index in [0.29, 0.717) is 0 Å². The number of carboxylic acids is 1. The standard InChI is InChI=1S/C11H8N4O2S/c12-11-13-9-7(10(16)17)4-6(5-15(9)14-11)8-2-1-3-18-8/h1-5H,(H2,12,14)(H,16,17). The molecule has 3 heterocycles. The van der Waals surface area contributed by atoms with E-state index in [1.165, 1.54) is 15.9 Å². The minimum atomic E-state index is -1.05. The molecule has 3 aromatic heterocycles. The van der Waals surface area contributed by atoms with Crippen molar-refractivity contribution in [3.05, 3.63) is 35.3 Å². The van der Waals surface area contributed by atoms with Gasteiger partial charge in [-0.25, -0.2) is 9.31 Å². The van der Waals surface area contributed by atoms with Crippen LogP contribution in [-0.2, 0) is 0 Å². The molecule has 90 valence electrons. The van der Waals surface area contributed by atoms with E-state index in [-0.39, 0.29) is 17.2 Å². The first-order valence-corrected chi connectivity index (χ1v) is 5.96. The fraction of sp³-hybridized carbons (Fsp3) is 0. The first-order chi connectivity index (χ1) is 8.65. The number of nitrogens with two attached hydrogens (primary N) is 1. The summed E-state index contributed by atoms with van der Waals surface area (Å²) in [6.07, 6.45) is 1.72. The summed E-state index contributed by atoms with van der Waals surface area (Å²) < 4.78 is 1.40. The molecule has 0 aliphatic heterocycles. The van der Waals surface area contributed by atoms with E-state index >= 15 is 0 Å². The number of hydrogen-bond acceptors (Lipinski definition) is 5. The number of nitrogen functional groups attached to an aromatic ring is 1. The second kappa shape index (κ2) is 3.81. The highest BCUT2D eigenvalue weighted by Gasteiger charge is 2.15. The van der Waals surface area contributed by atoms with Gasteiger partial charge in [-0.3, -0.25) is 0 Å². The van der Waals surface area contributed by atoms with Gasteiger partial charge in [0.1, 0.15) is 5.56 Å². The molecule has 0 radical (unpaired) electrons. The molecule has 0 aliphatic carbocycles. The first kappa shape index (κ1) is 10.7. The fourth-order valence-electron chi connectivity index (χ4n) is 1.74. The number of aromatic nitrogens is 3. The van der Waals surface area contributed by atoms with Crippen molar-refractivity contribution >= 4 is 28.9 Å². The molecule has 3 rings (SSSR count). The number of carbonyl (C=O) groups is 1. The average Bonchev–Trinajstić information content (AvgIpc) is 2.93. The van der Waals surface area contributed by atoms with Gasteiger partial charge in [-0.15, -0.1) is 16.4 Å². The van der Waals surface area contributed by atoms with Crippen LogP contribution in [0.3, 0.4) is 0 Å². The van der Waals surface area contributed by atoms with Crippen LogP contribution in [0.1, 0.15) is 10.4 Å². The third kappa shape index (κ3) is 1.61. The van der Waals surface area contributed by atoms with Gasteiger partial charge >= 0.3 is 5.97 Å². The summed E-state index contributed by atoms with van der Waals surface area (Å²) in [5.74, 6) is -0.994. The molecule has 0 saturated heterocycles. The number of pyridine rings is 1. The molecule has 18 heavy (non-hydrogen) atoms. The van der Waals surface area contributed by atoms with Crippen molar-refractivity contribution in [3.63, 3.8) is 0 Å². The minimum Gasteiger partial charge on any atom is -0.478 e. The number of rotatable bonds is 2. The lowest BCUT2D eigenvalue weighted by Crippen LogP contribution is -2.02. The first-order valence-electron chi connectivity index (χ1n) is 5.08. The summed E-state index contributed by atoms with van der Waals surface area (Å²) in [6.45, 7) is 0. The minimum absolute atomic E-state index is 0.0563. The van der Waals surface area contributed by atoms with Gasteiger partial charge in [0, 0.05) is 16.6 Å².